The Morgan fingerprint density at radius 1 is 1.17 bits per heavy atom. The first kappa shape index (κ1) is 19.4. The highest BCUT2D eigenvalue weighted by molar-refractivity contribution is 6.01. The highest BCUT2D eigenvalue weighted by Crippen LogP contribution is 2.49. The zero-order valence-corrected chi connectivity index (χ0v) is 17.9. The van der Waals surface area contributed by atoms with Crippen molar-refractivity contribution < 1.29 is 9.59 Å². The topological polar surface area (TPSA) is 52.7 Å². The maximum absolute atomic E-state index is 13.7. The van der Waals surface area contributed by atoms with E-state index in [-0.39, 0.29) is 18.0 Å². The van der Waals surface area contributed by atoms with E-state index in [4.69, 9.17) is 0 Å². The number of urea groups is 1. The monoisotopic (exact) mass is 405 g/mol. The van der Waals surface area contributed by atoms with Gasteiger partial charge in [-0.25, -0.2) is 4.79 Å². The Morgan fingerprint density at radius 3 is 2.53 bits per heavy atom. The lowest BCUT2D eigenvalue weighted by molar-refractivity contribution is -0.128. The average Bonchev–Trinajstić information content (AvgIpc) is 3.45. The van der Waals surface area contributed by atoms with Crippen molar-refractivity contribution in [3.05, 3.63) is 59.3 Å². The number of carbonyl (C=O) groups excluding carboxylic acids is 2. The van der Waals surface area contributed by atoms with E-state index in [9.17, 15) is 9.59 Å². The Bertz CT molecular complexity index is 917. The Kier molecular flexibility index (Phi) is 4.72. The van der Waals surface area contributed by atoms with Crippen molar-refractivity contribution in [3.8, 4) is 0 Å². The molecule has 2 saturated carbocycles. The summed E-state index contributed by atoms with van der Waals surface area (Å²) >= 11 is 0. The maximum Gasteiger partial charge on any atom is 0.322 e. The van der Waals surface area contributed by atoms with E-state index in [0.29, 0.717) is 31.0 Å². The van der Waals surface area contributed by atoms with Crippen molar-refractivity contribution in [1.29, 1.82) is 0 Å². The van der Waals surface area contributed by atoms with E-state index < -0.39 is 0 Å². The fourth-order valence-corrected chi connectivity index (χ4v) is 6.02. The van der Waals surface area contributed by atoms with Crippen molar-refractivity contribution in [2.24, 2.45) is 11.8 Å². The molecule has 2 heterocycles. The van der Waals surface area contributed by atoms with E-state index in [0.717, 1.165) is 29.2 Å². The van der Waals surface area contributed by atoms with Crippen LogP contribution in [0.3, 0.4) is 0 Å². The molecular weight excluding hydrogens is 374 g/mol. The first-order chi connectivity index (χ1) is 14.5. The van der Waals surface area contributed by atoms with Crippen LogP contribution in [-0.4, -0.2) is 40.9 Å². The van der Waals surface area contributed by atoms with E-state index in [1.165, 1.54) is 24.8 Å². The fraction of sp³-hybridized carbons (Fsp3) is 0.520. The number of nitrogens with one attached hydrogen (secondary N) is 1. The molecule has 4 aliphatic rings. The van der Waals surface area contributed by atoms with Crippen LogP contribution in [0.4, 0.5) is 4.79 Å². The van der Waals surface area contributed by atoms with E-state index in [2.05, 4.69) is 54.9 Å². The van der Waals surface area contributed by atoms with Gasteiger partial charge in [0.1, 0.15) is 0 Å². The third-order valence-electron chi connectivity index (χ3n) is 7.60. The number of hydrogen-bond acceptors (Lipinski definition) is 2. The Balaban J connectivity index is 1.50. The van der Waals surface area contributed by atoms with Crippen molar-refractivity contribution in [1.82, 2.24) is 15.1 Å². The van der Waals surface area contributed by atoms with Crippen LogP contribution >= 0.6 is 0 Å². The van der Waals surface area contributed by atoms with Crippen molar-refractivity contribution >= 4 is 11.9 Å². The molecule has 4 atom stereocenters. The minimum atomic E-state index is -0.383. The third-order valence-corrected chi connectivity index (χ3v) is 7.60. The summed E-state index contributed by atoms with van der Waals surface area (Å²) in [4.78, 5) is 30.4. The molecule has 2 fully saturated rings. The smallest absolute Gasteiger partial charge is 0.322 e. The molecule has 5 rings (SSSR count). The summed E-state index contributed by atoms with van der Waals surface area (Å²) in [5.41, 5.74) is 3.84. The predicted molar refractivity (Wildman–Crippen MR) is 117 cm³/mol. The molecule has 5 heteroatoms. The molecular formula is C25H31N3O2. The van der Waals surface area contributed by atoms with Crippen LogP contribution in [0.1, 0.15) is 62.6 Å². The van der Waals surface area contributed by atoms with Gasteiger partial charge in [0.2, 0.25) is 0 Å². The lowest BCUT2D eigenvalue weighted by atomic mass is 9.92. The van der Waals surface area contributed by atoms with Crippen LogP contribution in [-0.2, 0) is 4.79 Å². The summed E-state index contributed by atoms with van der Waals surface area (Å²) in [7, 11) is 0. The van der Waals surface area contributed by atoms with Gasteiger partial charge in [0.05, 0.1) is 23.9 Å². The molecule has 2 bridgehead atoms. The van der Waals surface area contributed by atoms with Crippen LogP contribution in [0.2, 0.25) is 0 Å². The predicted octanol–water partition coefficient (Wildman–Crippen LogP) is 4.35. The van der Waals surface area contributed by atoms with E-state index in [1.54, 1.807) is 11.0 Å². The minimum Gasteiger partial charge on any atom is -0.330 e. The van der Waals surface area contributed by atoms with Gasteiger partial charge in [-0.1, -0.05) is 50.6 Å². The minimum absolute atomic E-state index is 0.106. The second-order valence-electron chi connectivity index (χ2n) is 9.64. The number of fused-ring (bicyclic) bond motifs is 2. The van der Waals surface area contributed by atoms with Crippen molar-refractivity contribution in [3.63, 3.8) is 0 Å². The first-order valence-corrected chi connectivity index (χ1v) is 11.3. The number of amides is 3. The summed E-state index contributed by atoms with van der Waals surface area (Å²) in [6, 6.07) is 8.13. The van der Waals surface area contributed by atoms with Gasteiger partial charge in [-0.3, -0.25) is 9.69 Å². The molecule has 0 radical (unpaired) electrons. The summed E-state index contributed by atoms with van der Waals surface area (Å²) in [5, 5.41) is 3.10. The van der Waals surface area contributed by atoms with E-state index in [1.807, 2.05) is 0 Å². The Labute approximate surface area is 178 Å². The standard InChI is InChI=1S/C25H31N3O2/c1-4-11-27-21-14-28(20-13-16-5-6-19(20)12-16)24(29)22(21)23(26-25(27)30)18-9-7-17(8-10-18)15(2)3/h4,7-10,15-16,19-20,23H,1,5-6,11-14H2,2-3H3,(H,26,30). The van der Waals surface area contributed by atoms with Gasteiger partial charge >= 0.3 is 6.03 Å². The maximum atomic E-state index is 13.7. The van der Waals surface area contributed by atoms with Gasteiger partial charge in [-0.05, 0) is 48.1 Å². The molecule has 30 heavy (non-hydrogen) atoms. The van der Waals surface area contributed by atoms with Crippen LogP contribution in [0.15, 0.2) is 48.2 Å². The van der Waals surface area contributed by atoms with Crippen LogP contribution in [0.5, 0.6) is 0 Å². The lowest BCUT2D eigenvalue weighted by Crippen LogP contribution is -2.47. The number of hydrogen-bond donors (Lipinski definition) is 1. The Morgan fingerprint density at radius 2 is 1.93 bits per heavy atom. The largest absolute Gasteiger partial charge is 0.330 e. The lowest BCUT2D eigenvalue weighted by Gasteiger charge is -2.33. The third kappa shape index (κ3) is 2.98. The molecule has 2 aliphatic carbocycles. The summed E-state index contributed by atoms with van der Waals surface area (Å²) in [6.45, 7) is 9.11. The average molecular weight is 406 g/mol. The normalized spacial score (nSPS) is 30.4. The fourth-order valence-electron chi connectivity index (χ4n) is 6.02. The van der Waals surface area contributed by atoms with Crippen LogP contribution < -0.4 is 5.32 Å². The number of benzene rings is 1. The molecule has 5 nitrogen and oxygen atoms in total. The summed E-state index contributed by atoms with van der Waals surface area (Å²) in [6.07, 6.45) is 6.65. The quantitative estimate of drug-likeness (QED) is 0.741. The van der Waals surface area contributed by atoms with E-state index >= 15 is 0 Å². The number of carbonyl (C=O) groups is 2. The van der Waals surface area contributed by atoms with Gasteiger partial charge in [-0.15, -0.1) is 6.58 Å². The van der Waals surface area contributed by atoms with Gasteiger partial charge in [0.25, 0.3) is 5.91 Å². The second kappa shape index (κ2) is 7.29. The highest BCUT2D eigenvalue weighted by atomic mass is 16.2. The van der Waals surface area contributed by atoms with Crippen LogP contribution in [0.25, 0.3) is 0 Å². The number of rotatable bonds is 5. The van der Waals surface area contributed by atoms with Gasteiger partial charge < -0.3 is 10.2 Å². The second-order valence-corrected chi connectivity index (χ2v) is 9.64. The molecule has 0 spiro atoms. The first-order valence-electron chi connectivity index (χ1n) is 11.3. The zero-order chi connectivity index (χ0) is 21.0. The highest BCUT2D eigenvalue weighted by Gasteiger charge is 2.50. The van der Waals surface area contributed by atoms with Gasteiger partial charge in [0.15, 0.2) is 0 Å². The zero-order valence-electron chi connectivity index (χ0n) is 17.9. The molecule has 158 valence electrons. The molecule has 4 unspecified atom stereocenters. The van der Waals surface area contributed by atoms with Crippen molar-refractivity contribution in [2.45, 2.75) is 57.5 Å². The SMILES string of the molecule is C=CCN1C(=O)NC(c2ccc(C(C)C)cc2)C2=C1CN(C1CC3CCC1C3)C2=O. The molecule has 2 aliphatic heterocycles. The molecule has 1 N–H and O–H groups in total. The summed E-state index contributed by atoms with van der Waals surface area (Å²) in [5.74, 6) is 1.95. The Hall–Kier alpha value is -2.56. The molecule has 1 aromatic rings. The number of nitrogens with zero attached hydrogens (tertiary/aromatic N) is 2. The summed E-state index contributed by atoms with van der Waals surface area (Å²) < 4.78 is 0. The van der Waals surface area contributed by atoms with Gasteiger partial charge in [0, 0.05) is 12.6 Å². The molecule has 0 saturated heterocycles. The molecule has 1 aromatic carbocycles. The molecule has 3 amide bonds. The van der Waals surface area contributed by atoms with Gasteiger partial charge in [-0.2, -0.15) is 0 Å². The molecule has 0 aromatic heterocycles. The van der Waals surface area contributed by atoms with Crippen LogP contribution in [0, 0.1) is 11.8 Å². The van der Waals surface area contributed by atoms with Crippen molar-refractivity contribution in [2.75, 3.05) is 13.1 Å².